The molecule has 2 aliphatic heterocycles. The minimum atomic E-state index is -3.61. The molecular weight excluding hydrogens is 368 g/mol. The van der Waals surface area contributed by atoms with Crippen molar-refractivity contribution in [3.05, 3.63) is 29.8 Å². The van der Waals surface area contributed by atoms with E-state index in [-0.39, 0.29) is 16.4 Å². The van der Waals surface area contributed by atoms with Gasteiger partial charge in [0.05, 0.1) is 12.0 Å². The Hall–Kier alpha value is -1.93. The predicted octanol–water partition coefficient (Wildman–Crippen LogP) is 2.03. The fraction of sp³-hybridized carbons (Fsp3) is 0.579. The number of ether oxygens (including phenoxy) is 1. The van der Waals surface area contributed by atoms with E-state index in [4.69, 9.17) is 4.74 Å². The molecule has 0 bridgehead atoms. The number of sulfonamides is 1. The SMILES string of the molecule is COC(=O)C1CCCCN1C(=O)c1cccc(S(=O)(=O)N2CCCCC2)c1. The van der Waals surface area contributed by atoms with Gasteiger partial charge < -0.3 is 9.64 Å². The largest absolute Gasteiger partial charge is 0.467 e. The van der Waals surface area contributed by atoms with E-state index in [2.05, 4.69) is 0 Å². The van der Waals surface area contributed by atoms with Gasteiger partial charge in [-0.15, -0.1) is 0 Å². The average molecular weight is 394 g/mol. The number of carbonyl (C=O) groups is 2. The van der Waals surface area contributed by atoms with E-state index < -0.39 is 22.0 Å². The normalized spacial score (nSPS) is 21.7. The summed E-state index contributed by atoms with van der Waals surface area (Å²) in [5.41, 5.74) is 0.281. The van der Waals surface area contributed by atoms with Crippen LogP contribution in [0.25, 0.3) is 0 Å². The molecule has 0 radical (unpaired) electrons. The lowest BCUT2D eigenvalue weighted by Crippen LogP contribution is -2.48. The van der Waals surface area contributed by atoms with Crippen LogP contribution in [0.1, 0.15) is 48.9 Å². The number of carbonyl (C=O) groups excluding carboxylic acids is 2. The highest BCUT2D eigenvalue weighted by molar-refractivity contribution is 7.89. The third-order valence-corrected chi connectivity index (χ3v) is 7.17. The van der Waals surface area contributed by atoms with Crippen LogP contribution in [0.4, 0.5) is 0 Å². The third kappa shape index (κ3) is 4.16. The standard InChI is InChI=1S/C19H26N2O5S/c1-26-19(23)17-10-3-6-13-21(17)18(22)15-8-7-9-16(14-15)27(24,25)20-11-4-2-5-12-20/h7-9,14,17H,2-6,10-13H2,1H3. The topological polar surface area (TPSA) is 84.0 Å². The first-order valence-corrected chi connectivity index (χ1v) is 10.9. The quantitative estimate of drug-likeness (QED) is 0.730. The number of amides is 1. The molecule has 1 aromatic carbocycles. The fourth-order valence-corrected chi connectivity index (χ4v) is 5.33. The number of hydrogen-bond donors (Lipinski definition) is 0. The Morgan fingerprint density at radius 2 is 1.74 bits per heavy atom. The van der Waals surface area contributed by atoms with Gasteiger partial charge in [-0.25, -0.2) is 13.2 Å². The molecule has 7 nitrogen and oxygen atoms in total. The third-order valence-electron chi connectivity index (χ3n) is 5.27. The number of esters is 1. The molecule has 3 rings (SSSR count). The molecule has 148 valence electrons. The zero-order valence-electron chi connectivity index (χ0n) is 15.6. The van der Waals surface area contributed by atoms with Gasteiger partial charge in [0.2, 0.25) is 10.0 Å². The highest BCUT2D eigenvalue weighted by atomic mass is 32.2. The summed E-state index contributed by atoms with van der Waals surface area (Å²) >= 11 is 0. The monoisotopic (exact) mass is 394 g/mol. The highest BCUT2D eigenvalue weighted by Crippen LogP contribution is 2.24. The molecule has 1 amide bonds. The first-order valence-electron chi connectivity index (χ1n) is 9.44. The molecule has 8 heteroatoms. The maximum absolute atomic E-state index is 13.0. The molecule has 27 heavy (non-hydrogen) atoms. The van der Waals surface area contributed by atoms with E-state index in [0.717, 1.165) is 32.1 Å². The van der Waals surface area contributed by atoms with Crippen LogP contribution in [0.5, 0.6) is 0 Å². The predicted molar refractivity (Wildman–Crippen MR) is 99.7 cm³/mol. The second-order valence-electron chi connectivity index (χ2n) is 7.03. The molecule has 2 fully saturated rings. The van der Waals surface area contributed by atoms with Gasteiger partial charge in [0.25, 0.3) is 5.91 Å². The molecule has 2 saturated heterocycles. The Bertz CT molecular complexity index is 802. The maximum atomic E-state index is 13.0. The number of methoxy groups -OCH3 is 1. The number of rotatable bonds is 4. The average Bonchev–Trinajstić information content (AvgIpc) is 2.73. The molecule has 0 spiro atoms. The lowest BCUT2D eigenvalue weighted by Gasteiger charge is -2.34. The Morgan fingerprint density at radius 1 is 1.04 bits per heavy atom. The smallest absolute Gasteiger partial charge is 0.328 e. The van der Waals surface area contributed by atoms with Gasteiger partial charge in [-0.3, -0.25) is 4.79 Å². The minimum absolute atomic E-state index is 0.127. The second-order valence-corrected chi connectivity index (χ2v) is 8.96. The zero-order chi connectivity index (χ0) is 19.4. The molecule has 1 aromatic rings. The Labute approximate surface area is 160 Å². The second kappa shape index (κ2) is 8.39. The first kappa shape index (κ1) is 19.8. The van der Waals surface area contributed by atoms with Crippen LogP contribution in [-0.4, -0.2) is 62.3 Å². The van der Waals surface area contributed by atoms with E-state index in [1.807, 2.05) is 0 Å². The van der Waals surface area contributed by atoms with E-state index in [1.165, 1.54) is 28.4 Å². The van der Waals surface area contributed by atoms with Gasteiger partial charge in [-0.2, -0.15) is 4.31 Å². The number of nitrogens with zero attached hydrogens (tertiary/aromatic N) is 2. The van der Waals surface area contributed by atoms with Crippen molar-refractivity contribution in [1.29, 1.82) is 0 Å². The molecule has 2 heterocycles. The van der Waals surface area contributed by atoms with Crippen LogP contribution in [-0.2, 0) is 19.6 Å². The Morgan fingerprint density at radius 3 is 2.44 bits per heavy atom. The van der Waals surface area contributed by atoms with Crippen molar-refractivity contribution in [2.45, 2.75) is 49.5 Å². The summed E-state index contributed by atoms with van der Waals surface area (Å²) in [6, 6.07) is 5.52. The molecule has 1 atom stereocenters. The van der Waals surface area contributed by atoms with Gasteiger partial charge in [-0.05, 0) is 50.3 Å². The summed E-state index contributed by atoms with van der Waals surface area (Å²) in [5, 5.41) is 0. The van der Waals surface area contributed by atoms with Crippen molar-refractivity contribution in [1.82, 2.24) is 9.21 Å². The van der Waals surface area contributed by atoms with Gasteiger partial charge in [-0.1, -0.05) is 12.5 Å². The van der Waals surface area contributed by atoms with Crippen LogP contribution < -0.4 is 0 Å². The number of hydrogen-bond acceptors (Lipinski definition) is 5. The Kier molecular flexibility index (Phi) is 6.16. The van der Waals surface area contributed by atoms with Crippen molar-refractivity contribution >= 4 is 21.9 Å². The van der Waals surface area contributed by atoms with Gasteiger partial charge >= 0.3 is 5.97 Å². The first-order chi connectivity index (χ1) is 12.9. The van der Waals surface area contributed by atoms with Crippen LogP contribution in [0, 0.1) is 0 Å². The number of likely N-dealkylation sites (tertiary alicyclic amines) is 1. The molecule has 1 unspecified atom stereocenters. The summed E-state index contributed by atoms with van der Waals surface area (Å²) in [4.78, 5) is 26.7. The number of piperidine rings is 2. The summed E-state index contributed by atoms with van der Waals surface area (Å²) in [6.07, 6.45) is 4.97. The molecular formula is C19H26N2O5S. The van der Waals surface area contributed by atoms with E-state index >= 15 is 0 Å². The lowest BCUT2D eigenvalue weighted by molar-refractivity contribution is -0.147. The van der Waals surface area contributed by atoms with E-state index in [0.29, 0.717) is 26.1 Å². The summed E-state index contributed by atoms with van der Waals surface area (Å²) in [6.45, 7) is 1.48. The van der Waals surface area contributed by atoms with Crippen molar-refractivity contribution in [3.8, 4) is 0 Å². The highest BCUT2D eigenvalue weighted by Gasteiger charge is 2.34. The fourth-order valence-electron chi connectivity index (χ4n) is 3.77. The van der Waals surface area contributed by atoms with Crippen LogP contribution >= 0.6 is 0 Å². The maximum Gasteiger partial charge on any atom is 0.328 e. The van der Waals surface area contributed by atoms with Gasteiger partial charge in [0, 0.05) is 25.2 Å². The number of benzene rings is 1. The molecule has 2 aliphatic rings. The molecule has 0 aliphatic carbocycles. The van der Waals surface area contributed by atoms with Crippen molar-refractivity contribution < 1.29 is 22.7 Å². The Balaban J connectivity index is 1.86. The zero-order valence-corrected chi connectivity index (χ0v) is 16.4. The molecule has 0 aromatic heterocycles. The molecule has 0 saturated carbocycles. The van der Waals surface area contributed by atoms with Crippen molar-refractivity contribution in [2.24, 2.45) is 0 Å². The summed E-state index contributed by atoms with van der Waals surface area (Å²) in [7, 11) is -2.30. The summed E-state index contributed by atoms with van der Waals surface area (Å²) in [5.74, 6) is -0.763. The van der Waals surface area contributed by atoms with E-state index in [1.54, 1.807) is 12.1 Å². The van der Waals surface area contributed by atoms with Crippen LogP contribution in [0.3, 0.4) is 0 Å². The summed E-state index contributed by atoms with van der Waals surface area (Å²) < 4.78 is 32.1. The van der Waals surface area contributed by atoms with Gasteiger partial charge in [0.1, 0.15) is 6.04 Å². The lowest BCUT2D eigenvalue weighted by atomic mass is 10.0. The minimum Gasteiger partial charge on any atom is -0.467 e. The van der Waals surface area contributed by atoms with E-state index in [9.17, 15) is 18.0 Å². The van der Waals surface area contributed by atoms with Crippen LogP contribution in [0.15, 0.2) is 29.2 Å². The van der Waals surface area contributed by atoms with Crippen molar-refractivity contribution in [2.75, 3.05) is 26.7 Å². The van der Waals surface area contributed by atoms with Crippen LogP contribution in [0.2, 0.25) is 0 Å². The van der Waals surface area contributed by atoms with Gasteiger partial charge in [0.15, 0.2) is 0 Å². The molecule has 0 N–H and O–H groups in total. The van der Waals surface area contributed by atoms with Crippen molar-refractivity contribution in [3.63, 3.8) is 0 Å².